The van der Waals surface area contributed by atoms with E-state index in [1.807, 2.05) is 4.57 Å². The van der Waals surface area contributed by atoms with Crippen molar-refractivity contribution in [2.24, 2.45) is 5.92 Å². The van der Waals surface area contributed by atoms with Crippen molar-refractivity contribution in [1.29, 1.82) is 0 Å². The fraction of sp³-hybridized carbons (Fsp3) is 0.417. The third kappa shape index (κ3) is 1.84. The van der Waals surface area contributed by atoms with Gasteiger partial charge >= 0.3 is 0 Å². The largest absolute Gasteiger partial charge is 0.396 e. The van der Waals surface area contributed by atoms with Crippen molar-refractivity contribution in [3.05, 3.63) is 34.5 Å². The highest BCUT2D eigenvalue weighted by Gasteiger charge is 2.22. The second-order valence-electron chi connectivity index (χ2n) is 4.58. The summed E-state index contributed by atoms with van der Waals surface area (Å²) in [5.41, 5.74) is 0.607. The molecule has 2 aromatic rings. The van der Waals surface area contributed by atoms with Gasteiger partial charge in [-0.1, -0.05) is 0 Å². The van der Waals surface area contributed by atoms with Crippen LogP contribution >= 0.6 is 0 Å². The number of pyridine rings is 1. The van der Waals surface area contributed by atoms with Crippen molar-refractivity contribution in [2.45, 2.75) is 19.4 Å². The van der Waals surface area contributed by atoms with Gasteiger partial charge in [0.05, 0.1) is 0 Å². The molecule has 0 saturated carbocycles. The molecule has 0 aromatic carbocycles. The first kappa shape index (κ1) is 11.2. The van der Waals surface area contributed by atoms with Crippen molar-refractivity contribution < 1.29 is 5.11 Å². The van der Waals surface area contributed by atoms with Crippen LogP contribution < -0.4 is 5.56 Å². The summed E-state index contributed by atoms with van der Waals surface area (Å²) in [6.07, 6.45) is 3.36. The molecule has 6 nitrogen and oxygen atoms in total. The van der Waals surface area contributed by atoms with Gasteiger partial charge in [0.25, 0.3) is 0 Å². The van der Waals surface area contributed by atoms with Crippen LogP contribution in [0.1, 0.15) is 12.2 Å². The van der Waals surface area contributed by atoms with Crippen molar-refractivity contribution in [3.8, 4) is 11.4 Å². The number of aliphatic hydroxyl groups is 1. The standard InChI is InChI=1S/C12H14N4O2/c17-7-8-1-2-10-14-15-12(16(10)6-8)9-3-4-13-11(18)5-9/h3-5,8,17H,1-2,6-7H2,(H,13,18). The minimum atomic E-state index is -0.153. The van der Waals surface area contributed by atoms with Crippen LogP contribution in [0.2, 0.25) is 0 Å². The van der Waals surface area contributed by atoms with Crippen molar-refractivity contribution in [2.75, 3.05) is 6.61 Å². The molecule has 0 fully saturated rings. The number of aromatic nitrogens is 4. The topological polar surface area (TPSA) is 83.8 Å². The van der Waals surface area contributed by atoms with Gasteiger partial charge in [0.1, 0.15) is 5.82 Å². The molecule has 3 heterocycles. The minimum Gasteiger partial charge on any atom is -0.396 e. The molecule has 0 amide bonds. The van der Waals surface area contributed by atoms with E-state index in [1.165, 1.54) is 6.07 Å². The SMILES string of the molecule is O=c1cc(-c2nnc3n2CC(CO)CC3)cc[nH]1. The first-order valence-electron chi connectivity index (χ1n) is 6.00. The molecule has 0 bridgehead atoms. The number of nitrogens with zero attached hydrogens (tertiary/aromatic N) is 3. The maximum absolute atomic E-state index is 11.3. The molecule has 1 aliphatic rings. The van der Waals surface area contributed by atoms with Crippen molar-refractivity contribution >= 4 is 0 Å². The lowest BCUT2D eigenvalue weighted by atomic mass is 10.0. The third-order valence-electron chi connectivity index (χ3n) is 3.34. The Morgan fingerprint density at radius 2 is 2.39 bits per heavy atom. The molecule has 3 rings (SSSR count). The molecule has 0 saturated heterocycles. The highest BCUT2D eigenvalue weighted by Crippen LogP contribution is 2.24. The van der Waals surface area contributed by atoms with Crippen LogP contribution in [0, 0.1) is 5.92 Å². The van der Waals surface area contributed by atoms with E-state index in [0.29, 0.717) is 12.4 Å². The molecule has 2 aromatic heterocycles. The third-order valence-corrected chi connectivity index (χ3v) is 3.34. The lowest BCUT2D eigenvalue weighted by Gasteiger charge is -2.22. The van der Waals surface area contributed by atoms with E-state index >= 15 is 0 Å². The van der Waals surface area contributed by atoms with Crippen LogP contribution in [0.25, 0.3) is 11.4 Å². The lowest BCUT2D eigenvalue weighted by Crippen LogP contribution is -2.23. The molecule has 1 unspecified atom stereocenters. The highest BCUT2D eigenvalue weighted by atomic mass is 16.3. The van der Waals surface area contributed by atoms with Gasteiger partial charge in [-0.2, -0.15) is 0 Å². The quantitative estimate of drug-likeness (QED) is 0.792. The highest BCUT2D eigenvalue weighted by molar-refractivity contribution is 5.54. The number of aryl methyl sites for hydroxylation is 1. The van der Waals surface area contributed by atoms with Crippen LogP contribution in [0.4, 0.5) is 0 Å². The number of H-pyrrole nitrogens is 1. The predicted molar refractivity (Wildman–Crippen MR) is 65.0 cm³/mol. The van der Waals surface area contributed by atoms with Crippen LogP contribution in [0.5, 0.6) is 0 Å². The van der Waals surface area contributed by atoms with Crippen LogP contribution in [-0.4, -0.2) is 31.5 Å². The Morgan fingerprint density at radius 1 is 1.50 bits per heavy atom. The zero-order valence-corrected chi connectivity index (χ0v) is 9.83. The molecule has 94 valence electrons. The van der Waals surface area contributed by atoms with Gasteiger partial charge in [-0.05, 0) is 12.5 Å². The Balaban J connectivity index is 2.04. The average Bonchev–Trinajstić information content (AvgIpc) is 2.81. The molecular weight excluding hydrogens is 232 g/mol. The van der Waals surface area contributed by atoms with Gasteiger partial charge in [-0.25, -0.2) is 0 Å². The van der Waals surface area contributed by atoms with Crippen LogP contribution in [0.15, 0.2) is 23.1 Å². The van der Waals surface area contributed by atoms with E-state index in [1.54, 1.807) is 12.3 Å². The summed E-state index contributed by atoms with van der Waals surface area (Å²) < 4.78 is 2.00. The fourth-order valence-corrected chi connectivity index (χ4v) is 2.34. The Kier molecular flexibility index (Phi) is 2.71. The van der Waals surface area contributed by atoms with E-state index in [9.17, 15) is 9.90 Å². The number of rotatable bonds is 2. The summed E-state index contributed by atoms with van der Waals surface area (Å²) in [7, 11) is 0. The molecule has 0 aliphatic carbocycles. The predicted octanol–water partition coefficient (Wildman–Crippen LogP) is 0.188. The molecule has 1 atom stereocenters. The van der Waals surface area contributed by atoms with E-state index in [0.717, 1.165) is 24.2 Å². The normalized spacial score (nSPS) is 18.6. The Labute approximate surface area is 103 Å². The summed E-state index contributed by atoms with van der Waals surface area (Å²) in [4.78, 5) is 13.9. The maximum Gasteiger partial charge on any atom is 0.248 e. The van der Waals surface area contributed by atoms with Crippen LogP contribution in [-0.2, 0) is 13.0 Å². The number of nitrogens with one attached hydrogen (secondary N) is 1. The summed E-state index contributed by atoms with van der Waals surface area (Å²) in [6, 6.07) is 3.32. The first-order chi connectivity index (χ1) is 8.78. The van der Waals surface area contributed by atoms with Gasteiger partial charge in [-0.15, -0.1) is 10.2 Å². The van der Waals surface area contributed by atoms with E-state index < -0.39 is 0 Å². The molecule has 0 spiro atoms. The fourth-order valence-electron chi connectivity index (χ4n) is 2.34. The molecule has 6 heteroatoms. The average molecular weight is 246 g/mol. The molecule has 18 heavy (non-hydrogen) atoms. The summed E-state index contributed by atoms with van der Waals surface area (Å²) in [5, 5.41) is 17.6. The van der Waals surface area contributed by atoms with Gasteiger partial charge in [0, 0.05) is 43.3 Å². The molecule has 0 radical (unpaired) electrons. The van der Waals surface area contributed by atoms with Crippen molar-refractivity contribution in [3.63, 3.8) is 0 Å². The summed E-state index contributed by atoms with van der Waals surface area (Å²) >= 11 is 0. The second-order valence-corrected chi connectivity index (χ2v) is 4.58. The molecule has 1 aliphatic heterocycles. The lowest BCUT2D eigenvalue weighted by molar-refractivity contribution is 0.191. The van der Waals surface area contributed by atoms with Gasteiger partial charge in [0.2, 0.25) is 5.56 Å². The number of aliphatic hydroxyl groups excluding tert-OH is 1. The van der Waals surface area contributed by atoms with E-state index in [4.69, 9.17) is 0 Å². The zero-order valence-electron chi connectivity index (χ0n) is 9.83. The smallest absolute Gasteiger partial charge is 0.248 e. The zero-order chi connectivity index (χ0) is 12.5. The summed E-state index contributed by atoms with van der Waals surface area (Å²) in [6.45, 7) is 0.882. The van der Waals surface area contributed by atoms with E-state index in [-0.39, 0.29) is 18.1 Å². The number of hydrogen-bond acceptors (Lipinski definition) is 4. The molecular formula is C12H14N4O2. The van der Waals surface area contributed by atoms with Gasteiger partial charge in [-0.3, -0.25) is 4.79 Å². The van der Waals surface area contributed by atoms with Crippen molar-refractivity contribution in [1.82, 2.24) is 19.7 Å². The van der Waals surface area contributed by atoms with Gasteiger partial charge < -0.3 is 14.7 Å². The molecule has 2 N–H and O–H groups in total. The minimum absolute atomic E-state index is 0.153. The number of fused-ring (bicyclic) bond motifs is 1. The second kappa shape index (κ2) is 4.38. The number of hydrogen-bond donors (Lipinski definition) is 2. The van der Waals surface area contributed by atoms with E-state index in [2.05, 4.69) is 15.2 Å². The van der Waals surface area contributed by atoms with Gasteiger partial charge in [0.15, 0.2) is 5.82 Å². The Bertz CT molecular complexity index is 617. The maximum atomic E-state index is 11.3. The van der Waals surface area contributed by atoms with Crippen LogP contribution in [0.3, 0.4) is 0 Å². The first-order valence-corrected chi connectivity index (χ1v) is 6.00. The number of aromatic amines is 1. The Hall–Kier alpha value is -1.95. The monoisotopic (exact) mass is 246 g/mol. The Morgan fingerprint density at radius 3 is 3.17 bits per heavy atom. The summed E-state index contributed by atoms with van der Waals surface area (Å²) in [5.74, 6) is 1.87.